The van der Waals surface area contributed by atoms with Crippen molar-refractivity contribution in [2.45, 2.75) is 13.0 Å². The molecule has 0 spiro atoms. The molecule has 0 atom stereocenters. The lowest BCUT2D eigenvalue weighted by atomic mass is 10.1. The molecule has 0 unspecified atom stereocenters. The highest BCUT2D eigenvalue weighted by Crippen LogP contribution is 2.31. The van der Waals surface area contributed by atoms with E-state index in [1.807, 2.05) is 48.7 Å². The van der Waals surface area contributed by atoms with Crippen molar-refractivity contribution in [1.82, 2.24) is 15.1 Å². The van der Waals surface area contributed by atoms with Gasteiger partial charge in [0.25, 0.3) is 5.91 Å². The van der Waals surface area contributed by atoms with Gasteiger partial charge in [-0.3, -0.25) is 9.59 Å². The Morgan fingerprint density at radius 3 is 2.54 bits per heavy atom. The summed E-state index contributed by atoms with van der Waals surface area (Å²) < 4.78 is 20.7. The Labute approximate surface area is 201 Å². The molecular formula is C27H23FN4O3. The molecule has 3 aromatic carbocycles. The van der Waals surface area contributed by atoms with E-state index in [2.05, 4.69) is 10.4 Å². The van der Waals surface area contributed by atoms with Gasteiger partial charge >= 0.3 is 0 Å². The van der Waals surface area contributed by atoms with E-state index in [9.17, 15) is 14.0 Å². The smallest absolute Gasteiger partial charge is 0.265 e. The number of para-hydroxylation sites is 3. The average Bonchev–Trinajstić information content (AvgIpc) is 3.32. The minimum absolute atomic E-state index is 0.0433. The van der Waals surface area contributed by atoms with Crippen LogP contribution < -0.4 is 15.0 Å². The van der Waals surface area contributed by atoms with Gasteiger partial charge in [0.2, 0.25) is 5.91 Å². The summed E-state index contributed by atoms with van der Waals surface area (Å²) in [6.45, 7) is 0.448. The lowest BCUT2D eigenvalue weighted by Crippen LogP contribution is -2.41. The van der Waals surface area contributed by atoms with Crippen molar-refractivity contribution >= 4 is 17.5 Å². The molecule has 0 radical (unpaired) electrons. The zero-order valence-electron chi connectivity index (χ0n) is 18.9. The van der Waals surface area contributed by atoms with Gasteiger partial charge in [-0.1, -0.05) is 30.3 Å². The second-order valence-corrected chi connectivity index (χ2v) is 8.12. The van der Waals surface area contributed by atoms with E-state index in [0.29, 0.717) is 17.1 Å². The molecular weight excluding hydrogens is 447 g/mol. The number of aromatic nitrogens is 2. The highest BCUT2D eigenvalue weighted by Gasteiger charge is 2.25. The lowest BCUT2D eigenvalue weighted by Gasteiger charge is -2.29. The van der Waals surface area contributed by atoms with Crippen LogP contribution in [0.5, 0.6) is 5.75 Å². The summed E-state index contributed by atoms with van der Waals surface area (Å²) >= 11 is 0. The fourth-order valence-electron chi connectivity index (χ4n) is 4.00. The zero-order chi connectivity index (χ0) is 24.2. The summed E-state index contributed by atoms with van der Waals surface area (Å²) in [5.74, 6) is -0.0753. The Morgan fingerprint density at radius 1 is 1.00 bits per heavy atom. The Bertz CT molecular complexity index is 1350. The van der Waals surface area contributed by atoms with E-state index in [-0.39, 0.29) is 43.7 Å². The van der Waals surface area contributed by atoms with E-state index >= 15 is 0 Å². The maximum atomic E-state index is 13.5. The number of fused-ring (bicyclic) bond motifs is 1. The lowest BCUT2D eigenvalue weighted by molar-refractivity contribution is -0.122. The third kappa shape index (κ3) is 4.91. The number of carbonyl (C=O) groups is 2. The summed E-state index contributed by atoms with van der Waals surface area (Å²) in [6.07, 6.45) is 1.99. The van der Waals surface area contributed by atoms with Gasteiger partial charge in [-0.15, -0.1) is 0 Å². The first kappa shape index (κ1) is 22.3. The summed E-state index contributed by atoms with van der Waals surface area (Å²) in [5, 5.41) is 7.62. The number of nitrogens with zero attached hydrogens (tertiary/aromatic N) is 3. The van der Waals surface area contributed by atoms with Gasteiger partial charge < -0.3 is 15.0 Å². The molecule has 2 amide bonds. The van der Waals surface area contributed by atoms with Gasteiger partial charge in [0.15, 0.2) is 6.61 Å². The monoisotopic (exact) mass is 470 g/mol. The molecule has 176 valence electrons. The van der Waals surface area contributed by atoms with Crippen molar-refractivity contribution in [2.24, 2.45) is 0 Å². The Kier molecular flexibility index (Phi) is 6.26. The number of benzene rings is 3. The number of hydrogen-bond acceptors (Lipinski definition) is 4. The first-order valence-corrected chi connectivity index (χ1v) is 11.3. The van der Waals surface area contributed by atoms with Crippen LogP contribution in [-0.4, -0.2) is 34.7 Å². The molecule has 0 fully saturated rings. The van der Waals surface area contributed by atoms with Crippen LogP contribution in [0.1, 0.15) is 12.0 Å². The molecule has 2 heterocycles. The fourth-order valence-corrected chi connectivity index (χ4v) is 4.00. The van der Waals surface area contributed by atoms with E-state index in [0.717, 1.165) is 16.8 Å². The first-order chi connectivity index (χ1) is 17.1. The number of carbonyl (C=O) groups excluding carboxylic acids is 2. The van der Waals surface area contributed by atoms with E-state index in [1.54, 1.807) is 33.8 Å². The van der Waals surface area contributed by atoms with E-state index in [1.165, 1.54) is 12.1 Å². The van der Waals surface area contributed by atoms with Gasteiger partial charge in [-0.2, -0.15) is 5.10 Å². The zero-order valence-corrected chi connectivity index (χ0v) is 18.9. The molecule has 0 aliphatic carbocycles. The molecule has 1 aliphatic heterocycles. The molecule has 0 saturated carbocycles. The minimum atomic E-state index is -0.328. The van der Waals surface area contributed by atoms with Gasteiger partial charge in [0.1, 0.15) is 11.6 Å². The summed E-state index contributed by atoms with van der Waals surface area (Å²) in [6, 6.07) is 23.0. The van der Waals surface area contributed by atoms with Crippen molar-refractivity contribution in [3.63, 3.8) is 0 Å². The predicted octanol–water partition coefficient (Wildman–Crippen LogP) is 4.11. The molecule has 1 aromatic heterocycles. The van der Waals surface area contributed by atoms with Crippen LogP contribution in [0.2, 0.25) is 0 Å². The van der Waals surface area contributed by atoms with Gasteiger partial charge in [-0.05, 0) is 48.5 Å². The van der Waals surface area contributed by atoms with Crippen LogP contribution >= 0.6 is 0 Å². The molecule has 4 aromatic rings. The Balaban J connectivity index is 1.30. The van der Waals surface area contributed by atoms with Crippen LogP contribution in [0.4, 0.5) is 10.1 Å². The fraction of sp³-hybridized carbons (Fsp3) is 0.148. The topological polar surface area (TPSA) is 76.5 Å². The number of rotatable bonds is 7. The number of halogens is 1. The van der Waals surface area contributed by atoms with Crippen LogP contribution in [0, 0.1) is 5.82 Å². The second-order valence-electron chi connectivity index (χ2n) is 8.12. The van der Waals surface area contributed by atoms with Crippen molar-refractivity contribution in [3.05, 3.63) is 96.4 Å². The average molecular weight is 471 g/mol. The van der Waals surface area contributed by atoms with Crippen molar-refractivity contribution in [3.8, 4) is 22.7 Å². The summed E-state index contributed by atoms with van der Waals surface area (Å²) in [7, 11) is 0. The number of hydrogen-bond donors (Lipinski definition) is 1. The quantitative estimate of drug-likeness (QED) is 0.441. The maximum Gasteiger partial charge on any atom is 0.265 e. The molecule has 7 nitrogen and oxygen atoms in total. The molecule has 1 N–H and O–H groups in total. The molecule has 8 heteroatoms. The SMILES string of the molecule is O=C(CCN1C(=O)COc2ccccc21)NCc1cn(-c2ccccc2)nc1-c1ccc(F)cc1. The highest BCUT2D eigenvalue weighted by atomic mass is 19.1. The molecule has 1 aliphatic rings. The first-order valence-electron chi connectivity index (χ1n) is 11.3. The predicted molar refractivity (Wildman–Crippen MR) is 130 cm³/mol. The minimum Gasteiger partial charge on any atom is -0.482 e. The van der Waals surface area contributed by atoms with Crippen molar-refractivity contribution < 1.29 is 18.7 Å². The Morgan fingerprint density at radius 2 is 1.74 bits per heavy atom. The number of amides is 2. The van der Waals surface area contributed by atoms with E-state index in [4.69, 9.17) is 4.74 Å². The third-order valence-corrected chi connectivity index (χ3v) is 5.78. The largest absolute Gasteiger partial charge is 0.482 e. The third-order valence-electron chi connectivity index (χ3n) is 5.78. The van der Waals surface area contributed by atoms with Crippen LogP contribution in [0.15, 0.2) is 85.1 Å². The highest BCUT2D eigenvalue weighted by molar-refractivity contribution is 5.98. The summed E-state index contributed by atoms with van der Waals surface area (Å²) in [5.41, 5.74) is 3.74. The number of nitrogens with one attached hydrogen (secondary N) is 1. The standard InChI is InChI=1S/C27H23FN4O3/c28-21-12-10-19(11-13-21)27-20(17-32(30-27)22-6-2-1-3-7-22)16-29-25(33)14-15-31-23-8-4-5-9-24(23)35-18-26(31)34/h1-13,17H,14-16,18H2,(H,29,33). The number of anilines is 1. The van der Waals surface area contributed by atoms with Crippen molar-refractivity contribution in [1.29, 1.82) is 0 Å². The normalized spacial score (nSPS) is 12.7. The van der Waals surface area contributed by atoms with Gasteiger partial charge in [-0.25, -0.2) is 9.07 Å². The maximum absolute atomic E-state index is 13.5. The Hall–Kier alpha value is -4.46. The van der Waals surface area contributed by atoms with Gasteiger partial charge in [0, 0.05) is 36.8 Å². The van der Waals surface area contributed by atoms with Crippen molar-refractivity contribution in [2.75, 3.05) is 18.1 Å². The second kappa shape index (κ2) is 9.80. The van der Waals surface area contributed by atoms with E-state index < -0.39 is 0 Å². The molecule has 0 saturated heterocycles. The molecule has 0 bridgehead atoms. The molecule has 5 rings (SSSR count). The summed E-state index contributed by atoms with van der Waals surface area (Å²) in [4.78, 5) is 26.6. The van der Waals surface area contributed by atoms with Crippen LogP contribution in [0.3, 0.4) is 0 Å². The van der Waals surface area contributed by atoms with Gasteiger partial charge in [0.05, 0.1) is 17.1 Å². The van der Waals surface area contributed by atoms with Crippen LogP contribution in [-0.2, 0) is 16.1 Å². The molecule has 35 heavy (non-hydrogen) atoms. The van der Waals surface area contributed by atoms with Crippen LogP contribution in [0.25, 0.3) is 16.9 Å². The number of ether oxygens (including phenoxy) is 1.